The Morgan fingerprint density at radius 3 is 2.36 bits per heavy atom. The van der Waals surface area contributed by atoms with Crippen LogP contribution in [0.2, 0.25) is 0 Å². The van der Waals surface area contributed by atoms with E-state index >= 15 is 0 Å². The molecule has 2 rings (SSSR count). The summed E-state index contributed by atoms with van der Waals surface area (Å²) in [5, 5.41) is 1.91. The summed E-state index contributed by atoms with van der Waals surface area (Å²) in [5.41, 5.74) is 4.20. The number of amides is 1. The first kappa shape index (κ1) is 16.7. The first-order valence-electron chi connectivity index (χ1n) is 5.97. The number of amidine groups is 2. The molecule has 1 aliphatic rings. The molecule has 118 valence electrons. The zero-order chi connectivity index (χ0) is 16.5. The SMILES string of the molecule is CS(=O)(=O)C1=NC(NC(=O)c2ccccc2)(C(Cl)Cl)C(N)=N1. The Morgan fingerprint density at radius 2 is 1.91 bits per heavy atom. The fraction of sp³-hybridized carbons (Fsp3) is 0.250. The molecule has 0 saturated heterocycles. The van der Waals surface area contributed by atoms with Gasteiger partial charge in [-0.15, -0.1) is 0 Å². The Hall–Kier alpha value is -1.64. The number of rotatable bonds is 3. The third kappa shape index (κ3) is 3.08. The summed E-state index contributed by atoms with van der Waals surface area (Å²) in [6.45, 7) is 0. The Morgan fingerprint density at radius 1 is 1.32 bits per heavy atom. The highest BCUT2D eigenvalue weighted by atomic mass is 35.5. The Balaban J connectivity index is 2.42. The van der Waals surface area contributed by atoms with Crippen molar-refractivity contribution < 1.29 is 13.2 Å². The summed E-state index contributed by atoms with van der Waals surface area (Å²) in [7, 11) is -3.73. The van der Waals surface area contributed by atoms with Gasteiger partial charge < -0.3 is 11.1 Å². The first-order valence-corrected chi connectivity index (χ1v) is 8.73. The molecule has 1 aromatic rings. The van der Waals surface area contributed by atoms with Crippen molar-refractivity contribution in [2.75, 3.05) is 6.26 Å². The largest absolute Gasteiger partial charge is 0.383 e. The molecule has 0 aliphatic carbocycles. The Bertz CT molecular complexity index is 762. The summed E-state index contributed by atoms with van der Waals surface area (Å²) in [4.78, 5) is 18.4. The van der Waals surface area contributed by atoms with E-state index in [0.29, 0.717) is 5.56 Å². The van der Waals surface area contributed by atoms with Gasteiger partial charge in [-0.25, -0.2) is 18.4 Å². The maximum absolute atomic E-state index is 12.3. The number of sulfone groups is 1. The summed E-state index contributed by atoms with van der Waals surface area (Å²) >= 11 is 11.7. The van der Waals surface area contributed by atoms with E-state index in [4.69, 9.17) is 28.9 Å². The quantitative estimate of drug-likeness (QED) is 0.769. The van der Waals surface area contributed by atoms with Crippen molar-refractivity contribution in [3.8, 4) is 0 Å². The molecule has 1 aliphatic heterocycles. The Labute approximate surface area is 137 Å². The average molecular weight is 363 g/mol. The molecule has 0 bridgehead atoms. The van der Waals surface area contributed by atoms with Crippen molar-refractivity contribution in [2.24, 2.45) is 15.7 Å². The van der Waals surface area contributed by atoms with E-state index in [1.807, 2.05) is 0 Å². The monoisotopic (exact) mass is 362 g/mol. The van der Waals surface area contributed by atoms with Crippen molar-refractivity contribution in [3.05, 3.63) is 35.9 Å². The van der Waals surface area contributed by atoms with Crippen LogP contribution >= 0.6 is 23.2 Å². The molecule has 1 aromatic carbocycles. The van der Waals surface area contributed by atoms with Crippen molar-refractivity contribution in [2.45, 2.75) is 10.5 Å². The molecule has 0 spiro atoms. The van der Waals surface area contributed by atoms with Crippen molar-refractivity contribution in [3.63, 3.8) is 0 Å². The topological polar surface area (TPSA) is 114 Å². The number of hydrogen-bond acceptors (Lipinski definition) is 6. The summed E-state index contributed by atoms with van der Waals surface area (Å²) < 4.78 is 23.1. The average Bonchev–Trinajstić information content (AvgIpc) is 2.78. The standard InChI is InChI=1S/C12H12Cl2N4O3S/c1-22(20,21)11-16-10(15)12(18-11,9(13)14)17-8(19)7-5-3-2-4-6-7/h2-6,9H,1H3,(H,17,19)(H2,15,16,18). The van der Waals surface area contributed by atoms with Gasteiger partial charge in [-0.3, -0.25) is 4.79 Å². The van der Waals surface area contributed by atoms with Crippen LogP contribution in [0.15, 0.2) is 40.3 Å². The van der Waals surface area contributed by atoms with Crippen molar-refractivity contribution in [1.82, 2.24) is 5.32 Å². The zero-order valence-electron chi connectivity index (χ0n) is 11.3. The summed E-state index contributed by atoms with van der Waals surface area (Å²) in [6.07, 6.45) is 0.912. The van der Waals surface area contributed by atoms with Crippen molar-refractivity contribution in [1.29, 1.82) is 0 Å². The van der Waals surface area contributed by atoms with Crippen LogP contribution in [0.5, 0.6) is 0 Å². The Kier molecular flexibility index (Phi) is 4.46. The van der Waals surface area contributed by atoms with Crippen LogP contribution in [-0.2, 0) is 9.84 Å². The lowest BCUT2D eigenvalue weighted by atomic mass is 10.1. The lowest BCUT2D eigenvalue weighted by Crippen LogP contribution is -2.59. The maximum atomic E-state index is 12.3. The second-order valence-electron chi connectivity index (χ2n) is 4.55. The molecule has 1 atom stereocenters. The zero-order valence-corrected chi connectivity index (χ0v) is 13.7. The maximum Gasteiger partial charge on any atom is 0.253 e. The fourth-order valence-electron chi connectivity index (χ4n) is 1.73. The predicted molar refractivity (Wildman–Crippen MR) is 86.0 cm³/mol. The second kappa shape index (κ2) is 5.86. The van der Waals surface area contributed by atoms with Crippen LogP contribution in [0.25, 0.3) is 0 Å². The number of carbonyl (C=O) groups excluding carboxylic acids is 1. The molecule has 0 saturated carbocycles. The molecule has 0 radical (unpaired) electrons. The number of carbonyl (C=O) groups is 1. The lowest BCUT2D eigenvalue weighted by molar-refractivity contribution is 0.0928. The molecular weight excluding hydrogens is 351 g/mol. The number of nitrogens with two attached hydrogens (primary N) is 1. The van der Waals surface area contributed by atoms with Crippen LogP contribution in [0.4, 0.5) is 0 Å². The second-order valence-corrected chi connectivity index (χ2v) is 7.56. The van der Waals surface area contributed by atoms with Gasteiger partial charge in [-0.2, -0.15) is 0 Å². The van der Waals surface area contributed by atoms with Gasteiger partial charge in [-0.05, 0) is 12.1 Å². The van der Waals surface area contributed by atoms with Crippen LogP contribution in [0.1, 0.15) is 10.4 Å². The van der Waals surface area contributed by atoms with E-state index < -0.39 is 31.4 Å². The third-order valence-electron chi connectivity index (χ3n) is 2.87. The molecule has 3 N–H and O–H groups in total. The molecule has 10 heteroatoms. The molecule has 22 heavy (non-hydrogen) atoms. The van der Waals surface area contributed by atoms with E-state index in [1.54, 1.807) is 30.3 Å². The number of hydrogen-bond donors (Lipinski definition) is 2. The van der Waals surface area contributed by atoms with Gasteiger partial charge in [0.25, 0.3) is 5.91 Å². The highest BCUT2D eigenvalue weighted by Gasteiger charge is 2.48. The number of nitrogens with one attached hydrogen (secondary N) is 1. The van der Waals surface area contributed by atoms with Gasteiger partial charge in [0.15, 0.2) is 10.7 Å². The normalized spacial score (nSPS) is 21.5. The number of nitrogens with zero attached hydrogens (tertiary/aromatic N) is 2. The molecule has 0 aromatic heterocycles. The molecular formula is C12H12Cl2N4O3S. The molecule has 0 fully saturated rings. The van der Waals surface area contributed by atoms with Gasteiger partial charge in [0, 0.05) is 11.8 Å². The van der Waals surface area contributed by atoms with Crippen LogP contribution in [0.3, 0.4) is 0 Å². The minimum absolute atomic E-state index is 0.299. The molecule has 1 amide bonds. The number of benzene rings is 1. The minimum Gasteiger partial charge on any atom is -0.383 e. The molecule has 1 unspecified atom stereocenters. The van der Waals surface area contributed by atoms with Gasteiger partial charge >= 0.3 is 0 Å². The minimum atomic E-state index is -3.73. The number of alkyl halides is 2. The highest BCUT2D eigenvalue weighted by molar-refractivity contribution is 8.05. The summed E-state index contributed by atoms with van der Waals surface area (Å²) in [6, 6.07) is 8.19. The van der Waals surface area contributed by atoms with Crippen LogP contribution < -0.4 is 11.1 Å². The number of halogens is 2. The molecule has 1 heterocycles. The van der Waals surface area contributed by atoms with E-state index in [0.717, 1.165) is 6.26 Å². The van der Waals surface area contributed by atoms with Crippen LogP contribution in [0, 0.1) is 0 Å². The van der Waals surface area contributed by atoms with Gasteiger partial charge in [0.1, 0.15) is 0 Å². The number of aliphatic imine (C=N–C) groups is 2. The fourth-order valence-corrected chi connectivity index (χ4v) is 2.73. The summed E-state index contributed by atoms with van der Waals surface area (Å²) in [5.74, 6) is -0.865. The first-order chi connectivity index (χ1) is 10.2. The van der Waals surface area contributed by atoms with Crippen LogP contribution in [-0.4, -0.2) is 42.1 Å². The van der Waals surface area contributed by atoms with Gasteiger partial charge in [0.2, 0.25) is 20.7 Å². The van der Waals surface area contributed by atoms with Gasteiger partial charge in [0.05, 0.1) is 0 Å². The third-order valence-corrected chi connectivity index (χ3v) is 4.34. The van der Waals surface area contributed by atoms with E-state index in [9.17, 15) is 13.2 Å². The van der Waals surface area contributed by atoms with Crippen molar-refractivity contribution >= 4 is 49.9 Å². The van der Waals surface area contributed by atoms with E-state index in [1.165, 1.54) is 0 Å². The van der Waals surface area contributed by atoms with Gasteiger partial charge in [-0.1, -0.05) is 41.4 Å². The lowest BCUT2D eigenvalue weighted by Gasteiger charge is -2.28. The van der Waals surface area contributed by atoms with E-state index in [-0.39, 0.29) is 5.84 Å². The highest BCUT2D eigenvalue weighted by Crippen LogP contribution is 2.28. The smallest absolute Gasteiger partial charge is 0.253 e. The predicted octanol–water partition coefficient (Wildman–Crippen LogP) is 0.688. The molecule has 7 nitrogen and oxygen atoms in total. The van der Waals surface area contributed by atoms with E-state index in [2.05, 4.69) is 15.3 Å².